The molecular formula is C13H18N2O4S. The summed E-state index contributed by atoms with van der Waals surface area (Å²) in [5.41, 5.74) is -0.0744. The Morgan fingerprint density at radius 3 is 2.60 bits per heavy atom. The number of hydrogen-bond acceptors (Lipinski definition) is 4. The maximum atomic E-state index is 12.5. The zero-order chi connectivity index (χ0) is 15.0. The van der Waals surface area contributed by atoms with Crippen LogP contribution in [0.25, 0.3) is 0 Å². The van der Waals surface area contributed by atoms with Crippen molar-refractivity contribution in [2.24, 2.45) is 5.41 Å². The van der Waals surface area contributed by atoms with Gasteiger partial charge in [-0.05, 0) is 30.4 Å². The summed E-state index contributed by atoms with van der Waals surface area (Å²) in [6, 6.07) is 2.51. The highest BCUT2D eigenvalue weighted by molar-refractivity contribution is 7.89. The van der Waals surface area contributed by atoms with Crippen LogP contribution in [0, 0.1) is 5.41 Å². The third kappa shape index (κ3) is 2.99. The van der Waals surface area contributed by atoms with Gasteiger partial charge in [-0.1, -0.05) is 13.8 Å². The Hall–Kier alpha value is -1.47. The quantitative estimate of drug-likeness (QED) is 0.915. The molecule has 7 heteroatoms. The minimum atomic E-state index is -3.65. The highest BCUT2D eigenvalue weighted by atomic mass is 32.2. The maximum Gasteiger partial charge on any atom is 0.337 e. The van der Waals surface area contributed by atoms with E-state index in [9.17, 15) is 13.2 Å². The molecule has 0 spiro atoms. The number of carboxylic acids is 1. The number of pyridine rings is 1. The van der Waals surface area contributed by atoms with Crippen molar-refractivity contribution in [2.45, 2.75) is 31.7 Å². The average Bonchev–Trinajstić information content (AvgIpc) is 2.37. The van der Waals surface area contributed by atoms with Crippen molar-refractivity contribution in [1.29, 1.82) is 0 Å². The zero-order valence-corrected chi connectivity index (χ0v) is 12.4. The van der Waals surface area contributed by atoms with E-state index >= 15 is 0 Å². The van der Waals surface area contributed by atoms with Crippen molar-refractivity contribution in [3.8, 4) is 0 Å². The van der Waals surface area contributed by atoms with Crippen molar-refractivity contribution in [3.63, 3.8) is 0 Å². The van der Waals surface area contributed by atoms with E-state index in [1.54, 1.807) is 0 Å². The molecule has 0 amide bonds. The van der Waals surface area contributed by atoms with E-state index in [0.29, 0.717) is 13.1 Å². The van der Waals surface area contributed by atoms with E-state index in [1.165, 1.54) is 16.4 Å². The van der Waals surface area contributed by atoms with Crippen molar-refractivity contribution in [3.05, 3.63) is 23.9 Å². The van der Waals surface area contributed by atoms with E-state index < -0.39 is 16.0 Å². The van der Waals surface area contributed by atoms with Crippen molar-refractivity contribution in [2.75, 3.05) is 13.1 Å². The van der Waals surface area contributed by atoms with Gasteiger partial charge in [0.25, 0.3) is 10.0 Å². The molecule has 110 valence electrons. The monoisotopic (exact) mass is 298 g/mol. The number of nitrogens with zero attached hydrogens (tertiary/aromatic N) is 2. The minimum absolute atomic E-state index is 0.0251. The first-order valence-electron chi connectivity index (χ1n) is 6.42. The lowest BCUT2D eigenvalue weighted by atomic mass is 9.85. The van der Waals surface area contributed by atoms with Crippen LogP contribution in [0.5, 0.6) is 0 Å². The first-order valence-corrected chi connectivity index (χ1v) is 7.86. The number of piperidine rings is 1. The van der Waals surface area contributed by atoms with Crippen molar-refractivity contribution in [1.82, 2.24) is 9.29 Å². The van der Waals surface area contributed by atoms with E-state index in [4.69, 9.17) is 5.11 Å². The molecule has 1 aliphatic heterocycles. The molecular weight excluding hydrogens is 280 g/mol. The number of aromatic nitrogens is 1. The Morgan fingerprint density at radius 1 is 1.40 bits per heavy atom. The Balaban J connectivity index is 2.28. The number of carboxylic acid groups (broad SMARTS) is 1. The number of sulfonamides is 1. The molecule has 0 aliphatic carbocycles. The van der Waals surface area contributed by atoms with Gasteiger partial charge in [-0.15, -0.1) is 0 Å². The second-order valence-corrected chi connectivity index (χ2v) is 7.68. The van der Waals surface area contributed by atoms with Crippen LogP contribution in [0.15, 0.2) is 23.4 Å². The molecule has 0 bridgehead atoms. The maximum absolute atomic E-state index is 12.5. The predicted octanol–water partition coefficient (Wildman–Crippen LogP) is 1.59. The fourth-order valence-electron chi connectivity index (χ4n) is 2.37. The molecule has 1 aliphatic rings. The molecule has 2 rings (SSSR count). The number of carbonyl (C=O) groups is 1. The summed E-state index contributed by atoms with van der Waals surface area (Å²) in [4.78, 5) is 14.5. The third-order valence-corrected chi connectivity index (χ3v) is 5.21. The van der Waals surface area contributed by atoms with Crippen LogP contribution in [0.2, 0.25) is 0 Å². The Labute approximate surface area is 118 Å². The molecule has 0 saturated carbocycles. The minimum Gasteiger partial charge on any atom is -0.478 e. The Kier molecular flexibility index (Phi) is 3.84. The number of aromatic carboxylic acids is 1. The van der Waals surface area contributed by atoms with E-state index in [0.717, 1.165) is 19.0 Å². The fraction of sp³-hybridized carbons (Fsp3) is 0.538. The summed E-state index contributed by atoms with van der Waals surface area (Å²) >= 11 is 0. The molecule has 1 fully saturated rings. The van der Waals surface area contributed by atoms with Gasteiger partial charge in [-0.25, -0.2) is 18.2 Å². The van der Waals surface area contributed by atoms with E-state index in [2.05, 4.69) is 4.98 Å². The molecule has 0 atom stereocenters. The van der Waals surface area contributed by atoms with E-state index in [-0.39, 0.29) is 16.0 Å². The van der Waals surface area contributed by atoms with Crippen LogP contribution in [0.1, 0.15) is 37.0 Å². The van der Waals surface area contributed by atoms with Crippen LogP contribution < -0.4 is 0 Å². The van der Waals surface area contributed by atoms with Gasteiger partial charge in [0.05, 0.1) is 5.56 Å². The van der Waals surface area contributed by atoms with E-state index in [1.807, 2.05) is 13.8 Å². The first-order chi connectivity index (χ1) is 9.22. The van der Waals surface area contributed by atoms with Gasteiger partial charge < -0.3 is 5.11 Å². The van der Waals surface area contributed by atoms with Gasteiger partial charge in [-0.3, -0.25) is 0 Å². The Bertz CT molecular complexity index is 608. The van der Waals surface area contributed by atoms with Gasteiger partial charge in [-0.2, -0.15) is 4.31 Å². The average molecular weight is 298 g/mol. The van der Waals surface area contributed by atoms with Gasteiger partial charge in [0.2, 0.25) is 0 Å². The van der Waals surface area contributed by atoms with Crippen molar-refractivity contribution < 1.29 is 18.3 Å². The second-order valence-electron chi connectivity index (χ2n) is 5.80. The summed E-state index contributed by atoms with van der Waals surface area (Å²) < 4.78 is 26.4. The van der Waals surface area contributed by atoms with Crippen molar-refractivity contribution >= 4 is 16.0 Å². The number of hydrogen-bond donors (Lipinski definition) is 1. The summed E-state index contributed by atoms with van der Waals surface area (Å²) in [5.74, 6) is -1.12. The van der Waals surface area contributed by atoms with Crippen LogP contribution in [-0.4, -0.2) is 41.9 Å². The molecule has 20 heavy (non-hydrogen) atoms. The van der Waals surface area contributed by atoms with Crippen LogP contribution in [0.4, 0.5) is 0 Å². The summed E-state index contributed by atoms with van der Waals surface area (Å²) in [6.45, 7) is 5.01. The zero-order valence-electron chi connectivity index (χ0n) is 11.5. The van der Waals surface area contributed by atoms with Crippen LogP contribution in [0.3, 0.4) is 0 Å². The molecule has 0 unspecified atom stereocenters. The lowest BCUT2D eigenvalue weighted by Gasteiger charge is -2.36. The first kappa shape index (κ1) is 14.9. The number of rotatable bonds is 3. The van der Waals surface area contributed by atoms with Crippen LogP contribution in [-0.2, 0) is 10.0 Å². The molecule has 0 aromatic carbocycles. The molecule has 1 saturated heterocycles. The van der Waals surface area contributed by atoms with Crippen LogP contribution >= 0.6 is 0 Å². The smallest absolute Gasteiger partial charge is 0.337 e. The van der Waals surface area contributed by atoms with Gasteiger partial charge in [0, 0.05) is 19.3 Å². The van der Waals surface area contributed by atoms with Gasteiger partial charge in [0.15, 0.2) is 5.03 Å². The largest absolute Gasteiger partial charge is 0.478 e. The fourth-order valence-corrected chi connectivity index (χ4v) is 3.95. The third-order valence-electron chi connectivity index (χ3n) is 3.45. The normalized spacial score (nSPS) is 19.7. The molecule has 1 N–H and O–H groups in total. The molecule has 2 heterocycles. The lowest BCUT2D eigenvalue weighted by Crippen LogP contribution is -2.43. The second kappa shape index (κ2) is 5.14. The molecule has 1 aromatic heterocycles. The highest BCUT2D eigenvalue weighted by Crippen LogP contribution is 2.31. The highest BCUT2D eigenvalue weighted by Gasteiger charge is 2.34. The summed E-state index contributed by atoms with van der Waals surface area (Å²) in [5, 5.41) is 8.70. The van der Waals surface area contributed by atoms with Gasteiger partial charge >= 0.3 is 5.97 Å². The molecule has 0 radical (unpaired) electrons. The SMILES string of the molecule is CC1(C)CCCN(S(=O)(=O)c2ccc(C(=O)O)cn2)C1. The molecule has 1 aromatic rings. The standard InChI is InChI=1S/C13H18N2O4S/c1-13(2)6-3-7-15(9-13)20(18,19)11-5-4-10(8-14-11)12(16)17/h4-5,8H,3,6-7,9H2,1-2H3,(H,16,17). The summed E-state index contributed by atoms with van der Waals surface area (Å²) in [6.07, 6.45) is 2.88. The molecule has 6 nitrogen and oxygen atoms in total. The Morgan fingerprint density at radius 2 is 2.10 bits per heavy atom. The summed E-state index contributed by atoms with van der Waals surface area (Å²) in [7, 11) is -3.65. The van der Waals surface area contributed by atoms with Gasteiger partial charge in [0.1, 0.15) is 0 Å². The predicted molar refractivity (Wildman–Crippen MR) is 73.0 cm³/mol. The topological polar surface area (TPSA) is 87.6 Å². The lowest BCUT2D eigenvalue weighted by molar-refractivity contribution is 0.0696.